The summed E-state index contributed by atoms with van der Waals surface area (Å²) in [6, 6.07) is 8.46. The van der Waals surface area contributed by atoms with E-state index in [1.807, 2.05) is 30.5 Å². The van der Waals surface area contributed by atoms with E-state index in [0.29, 0.717) is 6.04 Å². The lowest BCUT2D eigenvalue weighted by atomic mass is 9.87. The molecule has 2 atom stereocenters. The van der Waals surface area contributed by atoms with Crippen LogP contribution in [0.5, 0.6) is 5.75 Å². The smallest absolute Gasteiger partial charge is 0.142 e. The Kier molecular flexibility index (Phi) is 5.52. The van der Waals surface area contributed by atoms with Crippen molar-refractivity contribution in [3.8, 4) is 11.4 Å². The van der Waals surface area contributed by atoms with Gasteiger partial charge in [0.15, 0.2) is 0 Å². The summed E-state index contributed by atoms with van der Waals surface area (Å²) >= 11 is 14.6. The van der Waals surface area contributed by atoms with Crippen LogP contribution in [0, 0.1) is 13.8 Å². The standard InChI is InChI=1S/C22H24Cl2N4OS/c1-13-25-26-14(2)28(13)15-5-7-16(8-6-15)29-20-18(27-11-3-4-12-27)10-9-17-19(20)22(24)30-21(17)23/h5-8,18,20H,3-4,9-12H2,1-2H3/t18-,20+/m0/s1. The summed E-state index contributed by atoms with van der Waals surface area (Å²) in [6.07, 6.45) is 4.40. The molecule has 0 unspecified atom stereocenters. The summed E-state index contributed by atoms with van der Waals surface area (Å²) in [5, 5.41) is 8.30. The second-order valence-corrected chi connectivity index (χ2v) is 10.3. The third-order valence-corrected chi connectivity index (χ3v) is 7.95. The van der Waals surface area contributed by atoms with Crippen LogP contribution in [0.4, 0.5) is 0 Å². The van der Waals surface area contributed by atoms with Gasteiger partial charge in [0.1, 0.15) is 27.8 Å². The van der Waals surface area contributed by atoms with Gasteiger partial charge >= 0.3 is 0 Å². The molecule has 0 N–H and O–H groups in total. The van der Waals surface area contributed by atoms with Crippen LogP contribution in [0.1, 0.15) is 48.1 Å². The number of likely N-dealkylation sites (tertiary alicyclic amines) is 1. The molecular weight excluding hydrogens is 439 g/mol. The highest BCUT2D eigenvalue weighted by atomic mass is 35.5. The number of hydrogen-bond acceptors (Lipinski definition) is 5. The minimum absolute atomic E-state index is 0.104. The van der Waals surface area contributed by atoms with Gasteiger partial charge < -0.3 is 4.74 Å². The predicted octanol–water partition coefficient (Wildman–Crippen LogP) is 5.78. The maximum absolute atomic E-state index is 6.64. The van der Waals surface area contributed by atoms with Crippen LogP contribution >= 0.6 is 34.5 Å². The maximum Gasteiger partial charge on any atom is 0.142 e. The van der Waals surface area contributed by atoms with E-state index in [1.165, 1.54) is 29.7 Å². The Morgan fingerprint density at radius 2 is 1.67 bits per heavy atom. The molecule has 5 rings (SSSR count). The molecule has 30 heavy (non-hydrogen) atoms. The minimum Gasteiger partial charge on any atom is -0.484 e. The molecule has 0 amide bonds. The average Bonchev–Trinajstić information content (AvgIpc) is 3.44. The van der Waals surface area contributed by atoms with E-state index in [-0.39, 0.29) is 6.10 Å². The highest BCUT2D eigenvalue weighted by molar-refractivity contribution is 7.20. The first-order valence-corrected chi connectivity index (χ1v) is 12.0. The van der Waals surface area contributed by atoms with Gasteiger partial charge in [-0.2, -0.15) is 0 Å². The van der Waals surface area contributed by atoms with Crippen molar-refractivity contribution in [2.75, 3.05) is 13.1 Å². The minimum atomic E-state index is -0.104. The summed E-state index contributed by atoms with van der Waals surface area (Å²) in [7, 11) is 0. The number of halogens is 2. The van der Waals surface area contributed by atoms with Gasteiger partial charge in [-0.3, -0.25) is 9.47 Å². The van der Waals surface area contributed by atoms with E-state index in [2.05, 4.69) is 27.2 Å². The molecule has 1 aliphatic carbocycles. The fraction of sp³-hybridized carbons (Fsp3) is 0.455. The average molecular weight is 463 g/mol. The Labute approximate surface area is 190 Å². The van der Waals surface area contributed by atoms with Crippen molar-refractivity contribution >= 4 is 34.5 Å². The highest BCUT2D eigenvalue weighted by Crippen LogP contribution is 2.48. The number of rotatable bonds is 4. The zero-order valence-corrected chi connectivity index (χ0v) is 19.4. The van der Waals surface area contributed by atoms with Crippen molar-refractivity contribution in [2.24, 2.45) is 0 Å². The Morgan fingerprint density at radius 3 is 2.33 bits per heavy atom. The van der Waals surface area contributed by atoms with E-state index >= 15 is 0 Å². The van der Waals surface area contributed by atoms with Crippen LogP contribution in [-0.4, -0.2) is 38.8 Å². The van der Waals surface area contributed by atoms with Crippen LogP contribution in [0.2, 0.25) is 8.67 Å². The van der Waals surface area contributed by atoms with Crippen LogP contribution in [0.25, 0.3) is 5.69 Å². The molecule has 5 nitrogen and oxygen atoms in total. The van der Waals surface area contributed by atoms with Crippen LogP contribution in [0.15, 0.2) is 24.3 Å². The quantitative estimate of drug-likeness (QED) is 0.492. The number of nitrogens with zero attached hydrogens (tertiary/aromatic N) is 4. The third kappa shape index (κ3) is 3.54. The number of hydrogen-bond donors (Lipinski definition) is 0. The van der Waals surface area contributed by atoms with Crippen molar-refractivity contribution in [1.82, 2.24) is 19.7 Å². The first kappa shape index (κ1) is 20.3. The molecule has 3 aromatic rings. The number of thiophene rings is 1. The molecule has 1 fully saturated rings. The van der Waals surface area contributed by atoms with Crippen LogP contribution < -0.4 is 4.74 Å². The zero-order chi connectivity index (χ0) is 20.8. The molecule has 1 aliphatic heterocycles. The van der Waals surface area contributed by atoms with Crippen LogP contribution in [-0.2, 0) is 6.42 Å². The fourth-order valence-corrected chi connectivity index (χ4v) is 6.66. The summed E-state index contributed by atoms with van der Waals surface area (Å²) in [4.78, 5) is 2.56. The number of aromatic nitrogens is 3. The first-order chi connectivity index (χ1) is 14.5. The lowest BCUT2D eigenvalue weighted by Gasteiger charge is -2.38. The van der Waals surface area contributed by atoms with E-state index in [0.717, 1.165) is 63.3 Å². The second kappa shape index (κ2) is 8.15. The van der Waals surface area contributed by atoms with Crippen LogP contribution in [0.3, 0.4) is 0 Å². The molecule has 1 saturated heterocycles. The molecule has 0 bridgehead atoms. The molecule has 0 saturated carbocycles. The van der Waals surface area contributed by atoms with Gasteiger partial charge in [-0.1, -0.05) is 23.2 Å². The Morgan fingerprint density at radius 1 is 1.00 bits per heavy atom. The summed E-state index contributed by atoms with van der Waals surface area (Å²) in [5.41, 5.74) is 3.28. The molecule has 1 aromatic carbocycles. The van der Waals surface area contributed by atoms with Gasteiger partial charge in [-0.05, 0) is 82.4 Å². The summed E-state index contributed by atoms with van der Waals surface area (Å²) in [5.74, 6) is 2.57. The van der Waals surface area contributed by atoms with Gasteiger partial charge in [-0.15, -0.1) is 21.5 Å². The van der Waals surface area contributed by atoms with Crippen molar-refractivity contribution in [3.05, 3.63) is 55.7 Å². The van der Waals surface area contributed by atoms with Gasteiger partial charge in [0.25, 0.3) is 0 Å². The van der Waals surface area contributed by atoms with E-state index < -0.39 is 0 Å². The Balaban J connectivity index is 1.46. The monoisotopic (exact) mass is 462 g/mol. The zero-order valence-electron chi connectivity index (χ0n) is 17.1. The predicted molar refractivity (Wildman–Crippen MR) is 121 cm³/mol. The molecule has 0 spiro atoms. The second-order valence-electron chi connectivity index (χ2n) is 8.05. The van der Waals surface area contributed by atoms with Gasteiger partial charge in [0.05, 0.1) is 10.4 Å². The number of fused-ring (bicyclic) bond motifs is 1. The number of aryl methyl sites for hydroxylation is 2. The van der Waals surface area contributed by atoms with E-state index in [1.54, 1.807) is 0 Å². The lowest BCUT2D eigenvalue weighted by Crippen LogP contribution is -2.42. The van der Waals surface area contributed by atoms with Gasteiger partial charge in [-0.25, -0.2) is 0 Å². The maximum atomic E-state index is 6.64. The summed E-state index contributed by atoms with van der Waals surface area (Å²) in [6.45, 7) is 6.16. The SMILES string of the molecule is Cc1nnc(C)n1-c1ccc(O[C@H]2c3c(Cl)sc(Cl)c3CC[C@@H]2N2CCCC2)cc1. The summed E-state index contributed by atoms with van der Waals surface area (Å²) < 4.78 is 10.2. The van der Waals surface area contributed by atoms with E-state index in [4.69, 9.17) is 27.9 Å². The third-order valence-electron chi connectivity index (χ3n) is 6.23. The molecule has 8 heteroatoms. The highest BCUT2D eigenvalue weighted by Gasteiger charge is 2.39. The largest absolute Gasteiger partial charge is 0.484 e. The van der Waals surface area contributed by atoms with E-state index in [9.17, 15) is 0 Å². The van der Waals surface area contributed by atoms with Crippen molar-refractivity contribution in [1.29, 1.82) is 0 Å². The Bertz CT molecular complexity index is 1040. The number of benzene rings is 1. The topological polar surface area (TPSA) is 43.2 Å². The number of ether oxygens (including phenoxy) is 1. The van der Waals surface area contributed by atoms with Crippen molar-refractivity contribution < 1.29 is 4.74 Å². The molecule has 158 valence electrons. The van der Waals surface area contributed by atoms with Crippen molar-refractivity contribution in [3.63, 3.8) is 0 Å². The Hall–Kier alpha value is -1.60. The lowest BCUT2D eigenvalue weighted by molar-refractivity contribution is 0.0677. The van der Waals surface area contributed by atoms with Gasteiger partial charge in [0, 0.05) is 11.3 Å². The molecular formula is C22H24Cl2N4OS. The molecule has 2 aliphatic rings. The van der Waals surface area contributed by atoms with Gasteiger partial charge in [0.2, 0.25) is 0 Å². The fourth-order valence-electron chi connectivity index (χ4n) is 4.82. The normalized spacial score (nSPS) is 21.7. The van der Waals surface area contributed by atoms with Crippen molar-refractivity contribution in [2.45, 2.75) is 51.7 Å². The molecule has 2 aromatic heterocycles. The first-order valence-electron chi connectivity index (χ1n) is 10.4. The molecule has 3 heterocycles. The molecule has 0 radical (unpaired) electrons.